The van der Waals surface area contributed by atoms with Crippen molar-refractivity contribution in [3.05, 3.63) is 30.5 Å². The summed E-state index contributed by atoms with van der Waals surface area (Å²) in [5.74, 6) is 1.16. The molecular formula is C15H19N3O. The van der Waals surface area contributed by atoms with Crippen LogP contribution in [0, 0.1) is 0 Å². The monoisotopic (exact) mass is 257 g/mol. The molecule has 1 aliphatic heterocycles. The summed E-state index contributed by atoms with van der Waals surface area (Å²) in [6.45, 7) is 2.24. The maximum atomic E-state index is 9.63. The maximum Gasteiger partial charge on any atom is 0.134 e. The van der Waals surface area contributed by atoms with E-state index in [0.717, 1.165) is 42.5 Å². The zero-order chi connectivity index (χ0) is 13.2. The number of benzene rings is 1. The highest BCUT2D eigenvalue weighted by Crippen LogP contribution is 2.26. The summed E-state index contributed by atoms with van der Waals surface area (Å²) < 4.78 is 0. The zero-order valence-corrected chi connectivity index (χ0v) is 11.1. The number of fused-ring (bicyclic) bond motifs is 1. The summed E-state index contributed by atoms with van der Waals surface area (Å²) in [7, 11) is 2.16. The smallest absolute Gasteiger partial charge is 0.134 e. The van der Waals surface area contributed by atoms with Gasteiger partial charge in [0.25, 0.3) is 0 Å². The quantitative estimate of drug-likeness (QED) is 0.867. The van der Waals surface area contributed by atoms with Crippen LogP contribution in [-0.4, -0.2) is 41.2 Å². The minimum atomic E-state index is 0.284. The number of nitrogens with one attached hydrogen (secondary N) is 1. The highest BCUT2D eigenvalue weighted by Gasteiger charge is 2.17. The average molecular weight is 257 g/mol. The van der Waals surface area contributed by atoms with Gasteiger partial charge in [-0.1, -0.05) is 6.07 Å². The van der Waals surface area contributed by atoms with E-state index >= 15 is 0 Å². The number of likely N-dealkylation sites (tertiary alicyclic amines) is 1. The molecule has 1 aliphatic rings. The summed E-state index contributed by atoms with van der Waals surface area (Å²) in [5, 5.41) is 15.2. The lowest BCUT2D eigenvalue weighted by Gasteiger charge is -2.30. The average Bonchev–Trinajstić information content (AvgIpc) is 2.42. The van der Waals surface area contributed by atoms with Crippen LogP contribution in [0.3, 0.4) is 0 Å². The highest BCUT2D eigenvalue weighted by atomic mass is 16.3. The maximum absolute atomic E-state index is 9.63. The van der Waals surface area contributed by atoms with Crippen LogP contribution in [0.4, 0.5) is 5.82 Å². The van der Waals surface area contributed by atoms with Crippen molar-refractivity contribution in [2.75, 3.05) is 25.5 Å². The molecule has 1 fully saturated rings. The fraction of sp³-hybridized carbons (Fsp3) is 0.400. The van der Waals surface area contributed by atoms with E-state index in [-0.39, 0.29) is 5.75 Å². The van der Waals surface area contributed by atoms with E-state index in [4.69, 9.17) is 0 Å². The summed E-state index contributed by atoms with van der Waals surface area (Å²) >= 11 is 0. The van der Waals surface area contributed by atoms with Gasteiger partial charge in [-0.15, -0.1) is 0 Å². The number of pyridine rings is 1. The first kappa shape index (κ1) is 12.2. The number of nitrogens with zero attached hydrogens (tertiary/aromatic N) is 2. The second-order valence-corrected chi connectivity index (χ2v) is 5.29. The number of phenolic OH excluding ortho intramolecular Hbond substituents is 1. The molecule has 0 amide bonds. The van der Waals surface area contributed by atoms with Crippen LogP contribution in [0.25, 0.3) is 10.8 Å². The lowest BCUT2D eigenvalue weighted by atomic mass is 10.0. The Bertz CT molecular complexity index is 577. The van der Waals surface area contributed by atoms with Crippen molar-refractivity contribution >= 4 is 16.6 Å². The van der Waals surface area contributed by atoms with Crippen molar-refractivity contribution in [3.63, 3.8) is 0 Å². The van der Waals surface area contributed by atoms with E-state index < -0.39 is 0 Å². The van der Waals surface area contributed by atoms with Crippen LogP contribution in [0.15, 0.2) is 30.5 Å². The number of aromatic nitrogens is 1. The Balaban J connectivity index is 1.86. The molecule has 0 saturated carbocycles. The van der Waals surface area contributed by atoms with Gasteiger partial charge in [-0.2, -0.15) is 0 Å². The molecule has 0 unspecified atom stereocenters. The van der Waals surface area contributed by atoms with Gasteiger partial charge in [0.1, 0.15) is 11.6 Å². The molecule has 1 saturated heterocycles. The predicted octanol–water partition coefficient (Wildman–Crippen LogP) is 2.45. The van der Waals surface area contributed by atoms with E-state index in [1.165, 1.54) is 0 Å². The molecule has 3 rings (SSSR count). The molecule has 19 heavy (non-hydrogen) atoms. The first-order valence-electron chi connectivity index (χ1n) is 6.75. The predicted molar refractivity (Wildman–Crippen MR) is 77.5 cm³/mol. The number of rotatable bonds is 2. The number of phenols is 1. The molecule has 2 heterocycles. The van der Waals surface area contributed by atoms with Crippen LogP contribution >= 0.6 is 0 Å². The van der Waals surface area contributed by atoms with Crippen molar-refractivity contribution in [1.82, 2.24) is 9.88 Å². The number of anilines is 1. The second-order valence-electron chi connectivity index (χ2n) is 5.29. The SMILES string of the molecule is CN1CCC(Nc2nccc3ccc(O)cc23)CC1. The molecule has 1 aromatic carbocycles. The molecule has 100 valence electrons. The standard InChI is InChI=1S/C15H19N3O/c1-18-8-5-12(6-9-18)17-15-14-10-13(19)3-2-11(14)4-7-16-15/h2-4,7,10,12,19H,5-6,8-9H2,1H3,(H,16,17). The Labute approximate surface area is 113 Å². The molecule has 0 atom stereocenters. The molecule has 1 aromatic heterocycles. The Kier molecular flexibility index (Phi) is 3.25. The first-order chi connectivity index (χ1) is 9.22. The van der Waals surface area contributed by atoms with Gasteiger partial charge in [-0.25, -0.2) is 4.98 Å². The van der Waals surface area contributed by atoms with Crippen LogP contribution in [-0.2, 0) is 0 Å². The summed E-state index contributed by atoms with van der Waals surface area (Å²) in [5.41, 5.74) is 0. The van der Waals surface area contributed by atoms with Gasteiger partial charge in [0.05, 0.1) is 0 Å². The largest absolute Gasteiger partial charge is 0.508 e. The van der Waals surface area contributed by atoms with Gasteiger partial charge < -0.3 is 15.3 Å². The number of hydrogen-bond donors (Lipinski definition) is 2. The summed E-state index contributed by atoms with van der Waals surface area (Å²) in [4.78, 5) is 6.77. The van der Waals surface area contributed by atoms with E-state index in [1.54, 1.807) is 12.1 Å². The number of piperidine rings is 1. The topological polar surface area (TPSA) is 48.4 Å². The van der Waals surface area contributed by atoms with Crippen LogP contribution < -0.4 is 5.32 Å². The first-order valence-corrected chi connectivity index (χ1v) is 6.75. The molecule has 0 spiro atoms. The molecule has 2 N–H and O–H groups in total. The third kappa shape index (κ3) is 2.63. The van der Waals surface area contributed by atoms with Crippen molar-refractivity contribution < 1.29 is 5.11 Å². The lowest BCUT2D eigenvalue weighted by molar-refractivity contribution is 0.264. The van der Waals surface area contributed by atoms with E-state index in [0.29, 0.717) is 6.04 Å². The Hall–Kier alpha value is -1.81. The number of hydrogen-bond acceptors (Lipinski definition) is 4. The van der Waals surface area contributed by atoms with Crippen LogP contribution in [0.1, 0.15) is 12.8 Å². The minimum Gasteiger partial charge on any atom is -0.508 e. The minimum absolute atomic E-state index is 0.284. The van der Waals surface area contributed by atoms with Gasteiger partial charge in [0.2, 0.25) is 0 Å². The van der Waals surface area contributed by atoms with Gasteiger partial charge in [0.15, 0.2) is 0 Å². The van der Waals surface area contributed by atoms with Crippen LogP contribution in [0.5, 0.6) is 5.75 Å². The molecule has 4 nitrogen and oxygen atoms in total. The Morgan fingerprint density at radius 1 is 1.26 bits per heavy atom. The second kappa shape index (κ2) is 5.05. The highest BCUT2D eigenvalue weighted by molar-refractivity contribution is 5.92. The van der Waals surface area contributed by atoms with Crippen molar-refractivity contribution in [2.24, 2.45) is 0 Å². The molecule has 4 heteroatoms. The third-order valence-corrected chi connectivity index (χ3v) is 3.81. The molecule has 2 aromatic rings. The molecular weight excluding hydrogens is 238 g/mol. The van der Waals surface area contributed by atoms with Gasteiger partial charge >= 0.3 is 0 Å². The fourth-order valence-electron chi connectivity index (χ4n) is 2.62. The fourth-order valence-corrected chi connectivity index (χ4v) is 2.62. The van der Waals surface area contributed by atoms with Crippen molar-refractivity contribution in [2.45, 2.75) is 18.9 Å². The Morgan fingerprint density at radius 3 is 2.84 bits per heavy atom. The van der Waals surface area contributed by atoms with Crippen LogP contribution in [0.2, 0.25) is 0 Å². The summed E-state index contributed by atoms with van der Waals surface area (Å²) in [6.07, 6.45) is 4.08. The number of aromatic hydroxyl groups is 1. The summed E-state index contributed by atoms with van der Waals surface area (Å²) in [6, 6.07) is 7.85. The Morgan fingerprint density at radius 2 is 2.05 bits per heavy atom. The molecule has 0 bridgehead atoms. The van der Waals surface area contributed by atoms with E-state index in [9.17, 15) is 5.11 Å². The van der Waals surface area contributed by atoms with Crippen molar-refractivity contribution in [1.29, 1.82) is 0 Å². The van der Waals surface area contributed by atoms with Gasteiger partial charge in [-0.05, 0) is 56.6 Å². The third-order valence-electron chi connectivity index (χ3n) is 3.81. The van der Waals surface area contributed by atoms with Gasteiger partial charge in [0, 0.05) is 17.6 Å². The zero-order valence-electron chi connectivity index (χ0n) is 11.1. The van der Waals surface area contributed by atoms with E-state index in [2.05, 4.69) is 22.2 Å². The molecule has 0 radical (unpaired) electrons. The van der Waals surface area contributed by atoms with E-state index in [1.807, 2.05) is 18.3 Å². The van der Waals surface area contributed by atoms with Gasteiger partial charge in [-0.3, -0.25) is 0 Å². The normalized spacial score (nSPS) is 17.7. The van der Waals surface area contributed by atoms with Crippen molar-refractivity contribution in [3.8, 4) is 5.75 Å². The lowest BCUT2D eigenvalue weighted by Crippen LogP contribution is -2.36. The molecule has 0 aliphatic carbocycles.